The predicted molar refractivity (Wildman–Crippen MR) is 132 cm³/mol. The molecule has 0 aliphatic carbocycles. The molecule has 0 saturated carbocycles. The van der Waals surface area contributed by atoms with Crippen molar-refractivity contribution in [1.29, 1.82) is 0 Å². The molecule has 2 aromatic heterocycles. The number of nitrogens with zero attached hydrogens (tertiary/aromatic N) is 5. The molecule has 1 aliphatic heterocycles. The minimum Gasteiger partial charge on any atom is -0.490 e. The maximum Gasteiger partial charge on any atom is 0.239 e. The Labute approximate surface area is 201 Å². The van der Waals surface area contributed by atoms with Crippen molar-refractivity contribution in [3.63, 3.8) is 0 Å². The highest BCUT2D eigenvalue weighted by atomic mass is 35.5. The summed E-state index contributed by atoms with van der Waals surface area (Å²) < 4.78 is 7.54. The number of carbonyl (C=O) groups is 1. The van der Waals surface area contributed by atoms with Crippen LogP contribution in [0.25, 0.3) is 22.3 Å². The van der Waals surface area contributed by atoms with Crippen LogP contribution >= 0.6 is 11.6 Å². The van der Waals surface area contributed by atoms with Crippen molar-refractivity contribution in [2.24, 2.45) is 7.05 Å². The van der Waals surface area contributed by atoms with Gasteiger partial charge in [-0.3, -0.25) is 9.89 Å². The van der Waals surface area contributed by atoms with E-state index in [0.717, 1.165) is 22.2 Å². The Morgan fingerprint density at radius 3 is 2.97 bits per heavy atom. The number of ether oxygens (including phenoxy) is 1. The molecule has 176 valence electrons. The molecule has 0 bridgehead atoms. The molecular weight excluding hydrogens is 456 g/mol. The van der Waals surface area contributed by atoms with Crippen molar-refractivity contribution >= 4 is 45.7 Å². The van der Waals surface area contributed by atoms with Crippen molar-refractivity contribution in [1.82, 2.24) is 30.3 Å². The number of fused-ring (bicyclic) bond motifs is 2. The Morgan fingerprint density at radius 2 is 2.15 bits per heavy atom. The van der Waals surface area contributed by atoms with Crippen LogP contribution in [0.3, 0.4) is 0 Å². The smallest absolute Gasteiger partial charge is 0.239 e. The Morgan fingerprint density at radius 1 is 1.29 bits per heavy atom. The van der Waals surface area contributed by atoms with Gasteiger partial charge in [0.15, 0.2) is 5.82 Å². The van der Waals surface area contributed by atoms with Crippen molar-refractivity contribution < 1.29 is 9.53 Å². The molecule has 1 amide bonds. The summed E-state index contributed by atoms with van der Waals surface area (Å²) in [7, 11) is 1.81. The highest BCUT2D eigenvalue weighted by Gasteiger charge is 2.22. The number of hydrogen-bond donors (Lipinski definition) is 3. The van der Waals surface area contributed by atoms with Gasteiger partial charge in [0.2, 0.25) is 11.9 Å². The molecule has 34 heavy (non-hydrogen) atoms. The maximum atomic E-state index is 12.3. The van der Waals surface area contributed by atoms with E-state index in [1.165, 1.54) is 0 Å². The van der Waals surface area contributed by atoms with Gasteiger partial charge in [0.05, 0.1) is 41.2 Å². The summed E-state index contributed by atoms with van der Waals surface area (Å²) >= 11 is 6.54. The molecule has 0 spiro atoms. The summed E-state index contributed by atoms with van der Waals surface area (Å²) in [6.07, 6.45) is 1.69. The number of aromatic nitrogens is 5. The number of rotatable bonds is 6. The first-order valence-corrected chi connectivity index (χ1v) is 11.4. The van der Waals surface area contributed by atoms with E-state index < -0.39 is 0 Å². The molecule has 0 unspecified atom stereocenters. The number of hydrogen-bond acceptors (Lipinski definition) is 7. The molecule has 11 heteroatoms. The fourth-order valence-electron chi connectivity index (χ4n) is 3.94. The summed E-state index contributed by atoms with van der Waals surface area (Å²) in [6.45, 7) is 5.33. The standard InChI is InChI=1S/C23H25ClN8O2/c1-13(2)26-20(33)12-32-8-9-34-19-10-14(4-7-18(19)32)22-28-23(31(3)30-22)27-17-6-5-16-15(21(17)24)11-25-29-16/h4-7,10-11,13H,8-9,12H2,1-3H3,(H,25,29)(H,26,33)(H,27,28,30). The van der Waals surface area contributed by atoms with Gasteiger partial charge in [-0.25, -0.2) is 4.68 Å². The molecule has 2 aromatic carbocycles. The number of H-pyrrole nitrogens is 1. The molecule has 3 heterocycles. The minimum absolute atomic E-state index is 0.0127. The van der Waals surface area contributed by atoms with E-state index in [0.29, 0.717) is 41.4 Å². The van der Waals surface area contributed by atoms with Gasteiger partial charge in [-0.15, -0.1) is 5.10 Å². The van der Waals surface area contributed by atoms with E-state index in [1.54, 1.807) is 10.9 Å². The van der Waals surface area contributed by atoms with Crippen molar-refractivity contribution in [2.45, 2.75) is 19.9 Å². The largest absolute Gasteiger partial charge is 0.490 e. The minimum atomic E-state index is -0.0127. The Bertz CT molecular complexity index is 1360. The zero-order valence-corrected chi connectivity index (χ0v) is 19.8. The average Bonchev–Trinajstić information content (AvgIpc) is 3.42. The SMILES string of the molecule is CC(C)NC(=O)CN1CCOc2cc(-c3nc(Nc4ccc5[nH]ncc5c4Cl)n(C)n3)ccc21. The molecule has 3 N–H and O–H groups in total. The average molecular weight is 481 g/mol. The Kier molecular flexibility index (Phi) is 5.74. The van der Waals surface area contributed by atoms with Crippen LogP contribution in [0.5, 0.6) is 5.75 Å². The van der Waals surface area contributed by atoms with E-state index in [-0.39, 0.29) is 18.5 Å². The van der Waals surface area contributed by atoms with Gasteiger partial charge in [-0.05, 0) is 44.2 Å². The Balaban J connectivity index is 1.38. The van der Waals surface area contributed by atoms with Gasteiger partial charge in [0.25, 0.3) is 0 Å². The van der Waals surface area contributed by atoms with Gasteiger partial charge in [-0.2, -0.15) is 10.1 Å². The zero-order valence-electron chi connectivity index (χ0n) is 19.1. The van der Waals surface area contributed by atoms with E-state index in [1.807, 2.05) is 56.1 Å². The first-order valence-electron chi connectivity index (χ1n) is 11.0. The second-order valence-electron chi connectivity index (χ2n) is 8.44. The second kappa shape index (κ2) is 8.86. The Hall–Kier alpha value is -3.79. The summed E-state index contributed by atoms with van der Waals surface area (Å²) in [5.74, 6) is 1.79. The quantitative estimate of drug-likeness (QED) is 0.387. The van der Waals surface area contributed by atoms with Gasteiger partial charge >= 0.3 is 0 Å². The number of amides is 1. The van der Waals surface area contributed by atoms with E-state index in [9.17, 15) is 4.79 Å². The van der Waals surface area contributed by atoms with Gasteiger partial charge in [-0.1, -0.05) is 11.6 Å². The van der Waals surface area contributed by atoms with E-state index in [4.69, 9.17) is 16.3 Å². The molecule has 5 rings (SSSR count). The first-order chi connectivity index (χ1) is 16.4. The molecule has 4 aromatic rings. The third-order valence-electron chi connectivity index (χ3n) is 5.53. The van der Waals surface area contributed by atoms with Crippen LogP contribution in [0.4, 0.5) is 17.3 Å². The van der Waals surface area contributed by atoms with Crippen LogP contribution in [0.2, 0.25) is 5.02 Å². The third kappa shape index (κ3) is 4.24. The number of carbonyl (C=O) groups excluding carboxylic acids is 1. The molecule has 0 saturated heterocycles. The number of aryl methyl sites for hydroxylation is 1. The summed E-state index contributed by atoms with van der Waals surface area (Å²) in [5, 5.41) is 19.1. The highest BCUT2D eigenvalue weighted by Crippen LogP contribution is 2.36. The van der Waals surface area contributed by atoms with Gasteiger partial charge < -0.3 is 20.3 Å². The van der Waals surface area contributed by atoms with Crippen molar-refractivity contribution in [3.8, 4) is 17.1 Å². The third-order valence-corrected chi connectivity index (χ3v) is 5.94. The van der Waals surface area contributed by atoms with Crippen molar-refractivity contribution in [3.05, 3.63) is 41.6 Å². The first kappa shape index (κ1) is 22.0. The van der Waals surface area contributed by atoms with Crippen LogP contribution in [-0.4, -0.2) is 56.6 Å². The van der Waals surface area contributed by atoms with Crippen LogP contribution in [-0.2, 0) is 11.8 Å². The molecule has 0 radical (unpaired) electrons. The maximum absolute atomic E-state index is 12.3. The zero-order chi connectivity index (χ0) is 23.8. The van der Waals surface area contributed by atoms with Crippen LogP contribution in [0.1, 0.15) is 13.8 Å². The fraction of sp³-hybridized carbons (Fsp3) is 0.304. The molecule has 0 atom stereocenters. The summed E-state index contributed by atoms with van der Waals surface area (Å²) in [5.41, 5.74) is 3.26. The van der Waals surface area contributed by atoms with Crippen LogP contribution in [0.15, 0.2) is 36.5 Å². The fourth-order valence-corrected chi connectivity index (χ4v) is 4.20. The number of halogens is 1. The topological polar surface area (TPSA) is 113 Å². The molecule has 1 aliphatic rings. The number of aromatic amines is 1. The van der Waals surface area contributed by atoms with Gasteiger partial charge in [0.1, 0.15) is 12.4 Å². The number of benzene rings is 2. The number of anilines is 3. The summed E-state index contributed by atoms with van der Waals surface area (Å²) in [6, 6.07) is 9.66. The lowest BCUT2D eigenvalue weighted by atomic mass is 10.1. The normalized spacial score (nSPS) is 13.1. The second-order valence-corrected chi connectivity index (χ2v) is 8.82. The lowest BCUT2D eigenvalue weighted by Gasteiger charge is -2.31. The highest BCUT2D eigenvalue weighted by molar-refractivity contribution is 6.38. The number of nitrogens with one attached hydrogen (secondary N) is 3. The van der Waals surface area contributed by atoms with Crippen LogP contribution < -0.4 is 20.3 Å². The lowest BCUT2D eigenvalue weighted by molar-refractivity contribution is -0.120. The van der Waals surface area contributed by atoms with E-state index in [2.05, 4.69) is 30.9 Å². The molecular formula is C23H25ClN8O2. The van der Waals surface area contributed by atoms with Crippen LogP contribution in [0, 0.1) is 0 Å². The van der Waals surface area contributed by atoms with Crippen molar-refractivity contribution in [2.75, 3.05) is 29.9 Å². The van der Waals surface area contributed by atoms with E-state index >= 15 is 0 Å². The molecule has 0 fully saturated rings. The summed E-state index contributed by atoms with van der Waals surface area (Å²) in [4.78, 5) is 18.9. The van der Waals surface area contributed by atoms with Gasteiger partial charge in [0, 0.05) is 24.0 Å². The monoisotopic (exact) mass is 480 g/mol. The lowest BCUT2D eigenvalue weighted by Crippen LogP contribution is -2.43. The predicted octanol–water partition coefficient (Wildman–Crippen LogP) is 3.48. The molecule has 10 nitrogen and oxygen atoms in total.